The van der Waals surface area contributed by atoms with Crippen LogP contribution in [0.5, 0.6) is 11.5 Å². The Kier molecular flexibility index (Phi) is 7.89. The molecule has 0 aliphatic carbocycles. The fraction of sp³-hybridized carbons (Fsp3) is 0.280. The third kappa shape index (κ3) is 6.11. The number of anilines is 1. The second kappa shape index (κ2) is 10.8. The fourth-order valence-corrected chi connectivity index (χ4v) is 3.65. The van der Waals surface area contributed by atoms with Crippen LogP contribution in [0.2, 0.25) is 0 Å². The van der Waals surface area contributed by atoms with Crippen molar-refractivity contribution in [2.75, 3.05) is 19.0 Å². The minimum atomic E-state index is -0.250. The summed E-state index contributed by atoms with van der Waals surface area (Å²) < 4.78 is 11.3. The fourth-order valence-electron chi connectivity index (χ4n) is 3.03. The van der Waals surface area contributed by atoms with Crippen molar-refractivity contribution < 1.29 is 19.1 Å². The molecule has 2 amide bonds. The molecular formula is C25H28N2O4S. The molecule has 0 aliphatic heterocycles. The van der Waals surface area contributed by atoms with Crippen LogP contribution in [0.4, 0.5) is 5.69 Å². The van der Waals surface area contributed by atoms with Gasteiger partial charge in [0.15, 0.2) is 11.5 Å². The van der Waals surface area contributed by atoms with Crippen molar-refractivity contribution in [1.82, 2.24) is 5.32 Å². The molecule has 0 saturated heterocycles. The van der Waals surface area contributed by atoms with E-state index in [9.17, 15) is 9.59 Å². The largest absolute Gasteiger partial charge is 0.493 e. The van der Waals surface area contributed by atoms with E-state index in [1.165, 1.54) is 11.3 Å². The van der Waals surface area contributed by atoms with E-state index in [1.807, 2.05) is 36.6 Å². The molecule has 0 saturated carbocycles. The lowest BCUT2D eigenvalue weighted by Crippen LogP contribution is -2.26. The normalized spacial score (nSPS) is 11.7. The first-order valence-corrected chi connectivity index (χ1v) is 11.3. The van der Waals surface area contributed by atoms with E-state index < -0.39 is 0 Å². The monoisotopic (exact) mass is 452 g/mol. The molecule has 2 aromatic carbocycles. The van der Waals surface area contributed by atoms with Gasteiger partial charge in [-0.25, -0.2) is 0 Å². The number of hydrogen-bond donors (Lipinski definition) is 2. The maximum atomic E-state index is 12.8. The number of ether oxygens (including phenoxy) is 2. The van der Waals surface area contributed by atoms with Gasteiger partial charge in [0.2, 0.25) is 0 Å². The number of benzene rings is 2. The zero-order valence-electron chi connectivity index (χ0n) is 18.7. The van der Waals surface area contributed by atoms with Crippen molar-refractivity contribution in [2.24, 2.45) is 5.92 Å². The average Bonchev–Trinajstić information content (AvgIpc) is 3.33. The number of carbonyl (C=O) groups is 2. The molecule has 2 N–H and O–H groups in total. The summed E-state index contributed by atoms with van der Waals surface area (Å²) in [5.74, 6) is 1.28. The number of carbonyl (C=O) groups excluding carboxylic acids is 2. The molecular weight excluding hydrogens is 424 g/mol. The maximum absolute atomic E-state index is 12.8. The number of amides is 2. The second-order valence-electron chi connectivity index (χ2n) is 7.82. The molecule has 168 valence electrons. The zero-order chi connectivity index (χ0) is 23.1. The van der Waals surface area contributed by atoms with E-state index in [-0.39, 0.29) is 17.9 Å². The van der Waals surface area contributed by atoms with Gasteiger partial charge in [0.05, 0.1) is 24.6 Å². The number of methoxy groups -OCH3 is 1. The van der Waals surface area contributed by atoms with Gasteiger partial charge < -0.3 is 20.1 Å². The molecule has 0 spiro atoms. The zero-order valence-corrected chi connectivity index (χ0v) is 19.5. The summed E-state index contributed by atoms with van der Waals surface area (Å²) in [6.45, 7) is 6.67. The first kappa shape index (κ1) is 23.3. The lowest BCUT2D eigenvalue weighted by molar-refractivity contribution is 0.0938. The van der Waals surface area contributed by atoms with Crippen LogP contribution < -0.4 is 20.1 Å². The van der Waals surface area contributed by atoms with Crippen LogP contribution in [0.1, 0.15) is 52.4 Å². The van der Waals surface area contributed by atoms with Gasteiger partial charge in [-0.15, -0.1) is 11.3 Å². The minimum absolute atomic E-state index is 0.196. The Morgan fingerprint density at radius 2 is 1.78 bits per heavy atom. The maximum Gasteiger partial charge on any atom is 0.265 e. The Hall–Kier alpha value is -3.32. The van der Waals surface area contributed by atoms with Crippen molar-refractivity contribution in [3.05, 3.63) is 76.0 Å². The molecule has 3 aromatic rings. The van der Waals surface area contributed by atoms with Crippen molar-refractivity contribution >= 4 is 28.8 Å². The Balaban J connectivity index is 1.67. The van der Waals surface area contributed by atoms with Crippen molar-refractivity contribution in [2.45, 2.75) is 26.8 Å². The number of thiophene rings is 1. The van der Waals surface area contributed by atoms with Gasteiger partial charge in [-0.1, -0.05) is 32.0 Å². The lowest BCUT2D eigenvalue weighted by Gasteiger charge is -2.18. The van der Waals surface area contributed by atoms with Crippen LogP contribution in [0, 0.1) is 5.92 Å². The Morgan fingerprint density at radius 1 is 0.969 bits per heavy atom. The topological polar surface area (TPSA) is 76.7 Å². The van der Waals surface area contributed by atoms with Gasteiger partial charge in [-0.2, -0.15) is 0 Å². The predicted molar refractivity (Wildman–Crippen MR) is 128 cm³/mol. The smallest absolute Gasteiger partial charge is 0.265 e. The highest BCUT2D eigenvalue weighted by Gasteiger charge is 2.15. The van der Waals surface area contributed by atoms with Gasteiger partial charge in [0.1, 0.15) is 0 Å². The van der Waals surface area contributed by atoms with Crippen LogP contribution in [-0.4, -0.2) is 25.5 Å². The van der Waals surface area contributed by atoms with Gasteiger partial charge in [-0.05, 0) is 60.2 Å². The van der Waals surface area contributed by atoms with E-state index in [4.69, 9.17) is 9.47 Å². The molecule has 6 nitrogen and oxygen atoms in total. The van der Waals surface area contributed by atoms with Gasteiger partial charge >= 0.3 is 0 Å². The third-order valence-electron chi connectivity index (χ3n) is 4.74. The van der Waals surface area contributed by atoms with Gasteiger partial charge in [0.25, 0.3) is 11.8 Å². The van der Waals surface area contributed by atoms with Crippen molar-refractivity contribution in [1.29, 1.82) is 0 Å². The second-order valence-corrected chi connectivity index (χ2v) is 8.77. The molecule has 3 rings (SSSR count). The SMILES string of the molecule is COc1cc(C(C)NC(=O)c2cccc(NC(=O)c3cccs3)c2)ccc1OCC(C)C. The summed E-state index contributed by atoms with van der Waals surface area (Å²) in [4.78, 5) is 25.7. The highest BCUT2D eigenvalue weighted by molar-refractivity contribution is 7.12. The summed E-state index contributed by atoms with van der Waals surface area (Å²) in [7, 11) is 1.60. The lowest BCUT2D eigenvalue weighted by atomic mass is 10.1. The quantitative estimate of drug-likeness (QED) is 0.447. The van der Waals surface area contributed by atoms with E-state index in [1.54, 1.807) is 37.4 Å². The molecule has 0 aliphatic rings. The van der Waals surface area contributed by atoms with Crippen LogP contribution in [0.3, 0.4) is 0 Å². The first-order valence-electron chi connectivity index (χ1n) is 10.4. The third-order valence-corrected chi connectivity index (χ3v) is 5.60. The molecule has 0 bridgehead atoms. The van der Waals surface area contributed by atoms with Crippen LogP contribution in [0.25, 0.3) is 0 Å². The summed E-state index contributed by atoms with van der Waals surface area (Å²) >= 11 is 1.36. The highest BCUT2D eigenvalue weighted by Crippen LogP contribution is 2.31. The summed E-state index contributed by atoms with van der Waals surface area (Å²) in [6.07, 6.45) is 0. The molecule has 1 heterocycles. The predicted octanol–water partition coefficient (Wildman–Crippen LogP) is 5.53. The molecule has 7 heteroatoms. The van der Waals surface area contributed by atoms with E-state index >= 15 is 0 Å². The van der Waals surface area contributed by atoms with Gasteiger partial charge in [-0.3, -0.25) is 9.59 Å². The van der Waals surface area contributed by atoms with E-state index in [2.05, 4.69) is 24.5 Å². The first-order chi connectivity index (χ1) is 15.4. The summed E-state index contributed by atoms with van der Waals surface area (Å²) in [5, 5.41) is 7.67. The number of hydrogen-bond acceptors (Lipinski definition) is 5. The Labute approximate surface area is 192 Å². The Bertz CT molecular complexity index is 1060. The molecule has 1 aromatic heterocycles. The summed E-state index contributed by atoms with van der Waals surface area (Å²) in [6, 6.07) is 15.9. The standard InChI is InChI=1S/C25H28N2O4S/c1-16(2)15-31-21-11-10-18(14-22(21)30-4)17(3)26-24(28)19-7-5-8-20(13-19)27-25(29)23-9-6-12-32-23/h5-14,16-17H,15H2,1-4H3,(H,26,28)(H,27,29). The van der Waals surface area contributed by atoms with Gasteiger partial charge in [0, 0.05) is 11.3 Å². The van der Waals surface area contributed by atoms with Crippen LogP contribution in [-0.2, 0) is 0 Å². The van der Waals surface area contributed by atoms with Crippen LogP contribution in [0.15, 0.2) is 60.0 Å². The van der Waals surface area contributed by atoms with E-state index in [0.717, 1.165) is 5.56 Å². The number of rotatable bonds is 9. The number of nitrogens with one attached hydrogen (secondary N) is 2. The molecule has 1 unspecified atom stereocenters. The summed E-state index contributed by atoms with van der Waals surface area (Å²) in [5.41, 5.74) is 1.93. The molecule has 32 heavy (non-hydrogen) atoms. The van der Waals surface area contributed by atoms with Crippen molar-refractivity contribution in [3.8, 4) is 11.5 Å². The Morgan fingerprint density at radius 3 is 2.47 bits per heavy atom. The highest BCUT2D eigenvalue weighted by atomic mass is 32.1. The minimum Gasteiger partial charge on any atom is -0.493 e. The average molecular weight is 453 g/mol. The van der Waals surface area contributed by atoms with Crippen LogP contribution >= 0.6 is 11.3 Å². The molecule has 1 atom stereocenters. The molecule has 0 fully saturated rings. The van der Waals surface area contributed by atoms with Crippen molar-refractivity contribution in [3.63, 3.8) is 0 Å². The van der Waals surface area contributed by atoms with E-state index in [0.29, 0.717) is 40.2 Å². The molecule has 0 radical (unpaired) electrons.